The van der Waals surface area contributed by atoms with Crippen molar-refractivity contribution in [2.45, 2.75) is 0 Å². The minimum absolute atomic E-state index is 0.0533. The summed E-state index contributed by atoms with van der Waals surface area (Å²) in [6, 6.07) is 9.64. The second kappa shape index (κ2) is 10.3. The number of nitrogens with zero attached hydrogens (tertiary/aromatic N) is 3. The molecule has 5 rings (SSSR count). The van der Waals surface area contributed by atoms with Crippen LogP contribution in [0.4, 0.5) is 21.5 Å². The van der Waals surface area contributed by atoms with E-state index in [4.69, 9.17) is 16.3 Å². The number of halogens is 2. The van der Waals surface area contributed by atoms with Gasteiger partial charge in [-0.15, -0.1) is 0 Å². The summed E-state index contributed by atoms with van der Waals surface area (Å²) in [5, 5.41) is 25.5. The second-order valence-corrected chi connectivity index (χ2v) is 9.67. The number of nitrogens with one attached hydrogen (secondary N) is 2. The number of amides is 1. The number of rotatable bonds is 8. The molecular weight excluding hydrogens is 497 g/mol. The van der Waals surface area contributed by atoms with Gasteiger partial charge in [-0.1, -0.05) is 17.7 Å². The molecule has 2 aliphatic rings. The maximum absolute atomic E-state index is 13.6. The molecule has 1 amide bonds. The molecule has 10 heteroatoms. The summed E-state index contributed by atoms with van der Waals surface area (Å²) >= 11 is 5.92. The van der Waals surface area contributed by atoms with Crippen molar-refractivity contribution in [2.75, 3.05) is 44.0 Å². The van der Waals surface area contributed by atoms with Crippen LogP contribution in [0, 0.1) is 34.9 Å². The van der Waals surface area contributed by atoms with Crippen LogP contribution < -0.4 is 15.4 Å². The van der Waals surface area contributed by atoms with Crippen LogP contribution in [0.2, 0.25) is 5.02 Å². The molecule has 1 saturated carbocycles. The van der Waals surface area contributed by atoms with Gasteiger partial charge in [0.15, 0.2) is 0 Å². The Morgan fingerprint density at radius 3 is 2.81 bits per heavy atom. The summed E-state index contributed by atoms with van der Waals surface area (Å²) in [6.07, 6.45) is 4.74. The molecule has 1 aliphatic carbocycles. The number of carbonyl (C=O) groups excluding carboxylic acids is 1. The number of aromatic nitrogens is 1. The van der Waals surface area contributed by atoms with Gasteiger partial charge in [-0.2, -0.15) is 5.26 Å². The zero-order chi connectivity index (χ0) is 26.1. The minimum atomic E-state index is -0.550. The lowest BCUT2D eigenvalue weighted by Gasteiger charge is -2.16. The lowest BCUT2D eigenvalue weighted by molar-refractivity contribution is -0.111. The van der Waals surface area contributed by atoms with Crippen molar-refractivity contribution in [3.63, 3.8) is 0 Å². The fourth-order valence-electron chi connectivity index (χ4n) is 5.06. The average molecular weight is 522 g/mol. The number of ether oxygens (including phenoxy) is 1. The average Bonchev–Trinajstić information content (AvgIpc) is 3.37. The largest absolute Gasteiger partial charge is 0.494 e. The monoisotopic (exact) mass is 521 g/mol. The van der Waals surface area contributed by atoms with Crippen molar-refractivity contribution < 1.29 is 19.0 Å². The van der Waals surface area contributed by atoms with Crippen LogP contribution in [0.1, 0.15) is 5.56 Å². The number of piperidine rings is 1. The van der Waals surface area contributed by atoms with Gasteiger partial charge in [0.25, 0.3) is 0 Å². The fraction of sp³-hybridized carbons (Fsp3) is 0.296. The highest BCUT2D eigenvalue weighted by Gasteiger charge is 2.54. The van der Waals surface area contributed by atoms with Gasteiger partial charge >= 0.3 is 0 Å². The van der Waals surface area contributed by atoms with E-state index in [9.17, 15) is 19.6 Å². The molecule has 2 fully saturated rings. The zero-order valence-electron chi connectivity index (χ0n) is 20.0. The number of benzene rings is 2. The third kappa shape index (κ3) is 5.09. The van der Waals surface area contributed by atoms with E-state index in [1.54, 1.807) is 12.1 Å². The predicted molar refractivity (Wildman–Crippen MR) is 139 cm³/mol. The van der Waals surface area contributed by atoms with E-state index < -0.39 is 5.82 Å². The van der Waals surface area contributed by atoms with Crippen molar-refractivity contribution in [3.05, 3.63) is 65.1 Å². The topological polar surface area (TPSA) is 111 Å². The van der Waals surface area contributed by atoms with Gasteiger partial charge in [0.05, 0.1) is 34.6 Å². The highest BCUT2D eigenvalue weighted by Crippen LogP contribution is 2.51. The molecule has 2 heterocycles. The number of hydrogen-bond acceptors (Lipinski definition) is 7. The molecule has 1 saturated heterocycles. The van der Waals surface area contributed by atoms with E-state index in [0.29, 0.717) is 58.0 Å². The number of aliphatic hydroxyl groups is 1. The first-order chi connectivity index (χ1) is 17.9. The lowest BCUT2D eigenvalue weighted by Crippen LogP contribution is -2.25. The molecule has 0 bridgehead atoms. The molecule has 8 nitrogen and oxygen atoms in total. The maximum Gasteiger partial charge on any atom is 0.248 e. The third-order valence-electron chi connectivity index (χ3n) is 7.05. The number of fused-ring (bicyclic) bond motifs is 2. The van der Waals surface area contributed by atoms with Crippen LogP contribution in [0.15, 0.2) is 48.7 Å². The molecule has 1 aliphatic heterocycles. The molecular formula is C27H25ClFN5O3. The predicted octanol–water partition coefficient (Wildman–Crippen LogP) is 4.32. The number of likely N-dealkylation sites (tertiary alicyclic amines) is 1. The first-order valence-electron chi connectivity index (χ1n) is 11.9. The number of methoxy groups -OCH3 is 1. The Kier molecular flexibility index (Phi) is 6.98. The number of anilines is 3. The molecule has 3 N–H and O–H groups in total. The Bertz CT molecular complexity index is 1430. The number of carbonyl (C=O) groups is 1. The number of aliphatic hydroxyl groups excluding tert-OH is 1. The van der Waals surface area contributed by atoms with Crippen molar-refractivity contribution >= 4 is 45.5 Å². The zero-order valence-corrected chi connectivity index (χ0v) is 20.8. The van der Waals surface area contributed by atoms with Crippen LogP contribution in [0.25, 0.3) is 10.9 Å². The van der Waals surface area contributed by atoms with Crippen molar-refractivity contribution in [3.8, 4) is 11.8 Å². The smallest absolute Gasteiger partial charge is 0.248 e. The molecule has 2 aromatic carbocycles. The van der Waals surface area contributed by atoms with Crippen LogP contribution in [-0.4, -0.2) is 54.2 Å². The van der Waals surface area contributed by atoms with Gasteiger partial charge in [0.2, 0.25) is 5.91 Å². The van der Waals surface area contributed by atoms with E-state index in [-0.39, 0.29) is 23.1 Å². The van der Waals surface area contributed by atoms with Gasteiger partial charge < -0.3 is 20.5 Å². The molecule has 190 valence electrons. The Balaban J connectivity index is 1.36. The summed E-state index contributed by atoms with van der Waals surface area (Å²) in [6.45, 7) is 2.82. The van der Waals surface area contributed by atoms with Crippen molar-refractivity contribution in [1.29, 1.82) is 5.26 Å². The third-order valence-corrected chi connectivity index (χ3v) is 7.34. The van der Waals surface area contributed by atoms with Crippen LogP contribution in [-0.2, 0) is 4.79 Å². The standard InChI is InChI=1S/C27H25ClFN5O3/c1-37-25-9-23-17(27(15(10-30)11-31-23)32-16-4-5-22(29)21(28)7-16)8-24(25)33-26(36)3-2-6-34-12-18-19(13-34)20(18)14-35/h2-5,7-9,11,18-20,35H,6,12-14H2,1H3,(H,31,32)(H,33,36). The number of nitriles is 1. The van der Waals surface area contributed by atoms with E-state index in [0.717, 1.165) is 13.1 Å². The fourth-order valence-corrected chi connectivity index (χ4v) is 5.24. The van der Waals surface area contributed by atoms with Crippen molar-refractivity contribution in [2.24, 2.45) is 17.8 Å². The molecule has 2 atom stereocenters. The minimum Gasteiger partial charge on any atom is -0.494 e. The molecule has 0 radical (unpaired) electrons. The van der Waals surface area contributed by atoms with E-state index in [1.807, 2.05) is 6.08 Å². The Morgan fingerprint density at radius 2 is 2.14 bits per heavy atom. The van der Waals surface area contributed by atoms with Crippen molar-refractivity contribution in [1.82, 2.24) is 9.88 Å². The first-order valence-corrected chi connectivity index (χ1v) is 12.2. The Morgan fingerprint density at radius 1 is 1.35 bits per heavy atom. The normalized spacial score (nSPS) is 20.6. The summed E-state index contributed by atoms with van der Waals surface area (Å²) in [7, 11) is 1.49. The lowest BCUT2D eigenvalue weighted by atomic mass is 10.1. The van der Waals surface area contributed by atoms with Crippen LogP contribution >= 0.6 is 11.6 Å². The summed E-state index contributed by atoms with van der Waals surface area (Å²) in [5.41, 5.74) is 2.15. The SMILES string of the molecule is COc1cc2ncc(C#N)c(Nc3ccc(F)c(Cl)c3)c2cc1NC(=O)C=CCN1CC2C(CO)C2C1. The Hall–Kier alpha value is -3.71. The Labute approximate surface area is 218 Å². The number of pyridine rings is 1. The quantitative estimate of drug-likeness (QED) is 0.379. The van der Waals surface area contributed by atoms with E-state index >= 15 is 0 Å². The first kappa shape index (κ1) is 25.0. The van der Waals surface area contributed by atoms with Gasteiger partial charge in [-0.05, 0) is 42.0 Å². The number of hydrogen-bond donors (Lipinski definition) is 3. The van der Waals surface area contributed by atoms with E-state index in [2.05, 4.69) is 26.6 Å². The van der Waals surface area contributed by atoms with E-state index in [1.165, 1.54) is 37.6 Å². The molecule has 37 heavy (non-hydrogen) atoms. The van der Waals surface area contributed by atoms with Gasteiger partial charge in [0, 0.05) is 55.7 Å². The van der Waals surface area contributed by atoms with Crippen LogP contribution in [0.5, 0.6) is 5.75 Å². The highest BCUT2D eigenvalue weighted by atomic mass is 35.5. The van der Waals surface area contributed by atoms with Gasteiger partial charge in [-0.25, -0.2) is 4.39 Å². The van der Waals surface area contributed by atoms with Crippen LogP contribution in [0.3, 0.4) is 0 Å². The highest BCUT2D eigenvalue weighted by molar-refractivity contribution is 6.31. The summed E-state index contributed by atoms with van der Waals surface area (Å²) < 4.78 is 19.1. The van der Waals surface area contributed by atoms with Gasteiger partial charge in [0.1, 0.15) is 17.6 Å². The maximum atomic E-state index is 13.6. The molecule has 1 aromatic heterocycles. The summed E-state index contributed by atoms with van der Waals surface area (Å²) in [5.74, 6) is 1.14. The summed E-state index contributed by atoms with van der Waals surface area (Å²) in [4.78, 5) is 19.3. The second-order valence-electron chi connectivity index (χ2n) is 9.27. The van der Waals surface area contributed by atoms with Gasteiger partial charge in [-0.3, -0.25) is 14.7 Å². The molecule has 2 unspecified atom stereocenters. The molecule has 0 spiro atoms. The molecule has 3 aromatic rings.